The van der Waals surface area contributed by atoms with Crippen molar-refractivity contribution >= 4 is 44.8 Å². The van der Waals surface area contributed by atoms with Crippen LogP contribution in [-0.4, -0.2) is 64.6 Å². The molecule has 3 atom stereocenters. The van der Waals surface area contributed by atoms with Crippen LogP contribution >= 0.6 is 22.9 Å². The number of benzene rings is 3. The number of fused-ring (bicyclic) bond motifs is 2. The summed E-state index contributed by atoms with van der Waals surface area (Å²) < 4.78 is 12.8. The van der Waals surface area contributed by atoms with Crippen LogP contribution in [0.1, 0.15) is 81.4 Å². The normalized spacial score (nSPS) is 21.3. The summed E-state index contributed by atoms with van der Waals surface area (Å²) in [6, 6.07) is 16.9. The predicted molar refractivity (Wildman–Crippen MR) is 190 cm³/mol. The fourth-order valence-electron chi connectivity index (χ4n) is 7.46. The third kappa shape index (κ3) is 6.39. The number of halogens is 1. The standard InChI is InChI=1S/C38H42ClN3O4S/c1-21-18-30-35(32(23-6-9-26(39)10-7-23)31(21)34(37(43)44)46-38(3,4)5)47-36(41-30)25-8-11-28-22(2)40-33(29(28)19-25)24-12-15-42(16-13-24)27-14-17-45-20-27/h6-11,18-19,22,24,27,34H,12-17,20H2,1-5H3,(H,43,44)/t22?,27?,34-/m0/s1. The van der Waals surface area contributed by atoms with Crippen LogP contribution in [0.2, 0.25) is 5.02 Å². The number of carboxylic acids is 1. The fourth-order valence-corrected chi connectivity index (χ4v) is 8.71. The lowest BCUT2D eigenvalue weighted by Crippen LogP contribution is -2.43. The zero-order chi connectivity index (χ0) is 33.0. The third-order valence-electron chi connectivity index (χ3n) is 9.72. The van der Waals surface area contributed by atoms with Gasteiger partial charge in [-0.25, -0.2) is 9.78 Å². The zero-order valence-electron chi connectivity index (χ0n) is 27.7. The lowest BCUT2D eigenvalue weighted by molar-refractivity contribution is -0.160. The van der Waals surface area contributed by atoms with Crippen molar-refractivity contribution in [3.63, 3.8) is 0 Å². The number of hydrogen-bond donors (Lipinski definition) is 1. The first-order valence-corrected chi connectivity index (χ1v) is 17.8. The molecule has 9 heteroatoms. The second-order valence-electron chi connectivity index (χ2n) is 14.1. The van der Waals surface area contributed by atoms with Crippen molar-refractivity contribution in [3.05, 3.63) is 75.8 Å². The van der Waals surface area contributed by atoms with Gasteiger partial charge in [-0.3, -0.25) is 9.89 Å². The Balaban J connectivity index is 1.28. The number of aliphatic carboxylic acids is 1. The van der Waals surface area contributed by atoms with E-state index in [4.69, 9.17) is 31.1 Å². The molecular weight excluding hydrogens is 630 g/mol. The van der Waals surface area contributed by atoms with Crippen molar-refractivity contribution in [3.8, 4) is 21.7 Å². The number of piperidine rings is 1. The van der Waals surface area contributed by atoms with E-state index >= 15 is 0 Å². The van der Waals surface area contributed by atoms with Gasteiger partial charge >= 0.3 is 5.97 Å². The summed E-state index contributed by atoms with van der Waals surface area (Å²) in [7, 11) is 0. The second-order valence-corrected chi connectivity index (χ2v) is 15.6. The molecule has 2 fully saturated rings. The summed E-state index contributed by atoms with van der Waals surface area (Å²) in [5.41, 5.74) is 8.16. The highest BCUT2D eigenvalue weighted by molar-refractivity contribution is 7.22. The SMILES string of the molecule is Cc1cc2nc(-c3ccc4c(c3)C(C3CCN(C5CCOC5)CC3)=NC4C)sc2c(-c2ccc(Cl)cc2)c1[C@H](OC(C)(C)C)C(=O)O. The van der Waals surface area contributed by atoms with E-state index in [1.54, 1.807) is 11.3 Å². The minimum Gasteiger partial charge on any atom is -0.479 e. The number of likely N-dealkylation sites (tertiary alicyclic amines) is 1. The van der Waals surface area contributed by atoms with E-state index in [9.17, 15) is 9.90 Å². The molecule has 246 valence electrons. The Bertz CT molecular complexity index is 1850. The highest BCUT2D eigenvalue weighted by Crippen LogP contribution is 2.45. The average molecular weight is 672 g/mol. The molecule has 47 heavy (non-hydrogen) atoms. The minimum atomic E-state index is -1.15. The number of carboxylic acid groups (broad SMARTS) is 1. The smallest absolute Gasteiger partial charge is 0.337 e. The number of nitrogens with zero attached hydrogens (tertiary/aromatic N) is 3. The first kappa shape index (κ1) is 32.4. The van der Waals surface area contributed by atoms with E-state index in [0.29, 0.717) is 22.5 Å². The summed E-state index contributed by atoms with van der Waals surface area (Å²) in [5.74, 6) is -0.579. The molecule has 2 saturated heterocycles. The summed E-state index contributed by atoms with van der Waals surface area (Å²) in [6.45, 7) is 13.7. The first-order chi connectivity index (χ1) is 22.5. The van der Waals surface area contributed by atoms with E-state index in [1.165, 1.54) is 16.8 Å². The van der Waals surface area contributed by atoms with Crippen LogP contribution in [0.4, 0.5) is 0 Å². The van der Waals surface area contributed by atoms with Crippen molar-refractivity contribution in [2.75, 3.05) is 26.3 Å². The molecule has 1 aromatic heterocycles. The molecule has 3 aromatic carbocycles. The molecule has 4 heterocycles. The topological polar surface area (TPSA) is 84.3 Å². The van der Waals surface area contributed by atoms with Crippen LogP contribution in [0.3, 0.4) is 0 Å². The van der Waals surface area contributed by atoms with Gasteiger partial charge < -0.3 is 14.6 Å². The highest BCUT2D eigenvalue weighted by Gasteiger charge is 2.35. The molecule has 3 aliphatic heterocycles. The molecule has 7 nitrogen and oxygen atoms in total. The zero-order valence-corrected chi connectivity index (χ0v) is 29.3. The van der Waals surface area contributed by atoms with Crippen LogP contribution < -0.4 is 0 Å². The van der Waals surface area contributed by atoms with Gasteiger partial charge in [0.2, 0.25) is 0 Å². The predicted octanol–water partition coefficient (Wildman–Crippen LogP) is 8.90. The Hall–Kier alpha value is -3.14. The molecule has 2 unspecified atom stereocenters. The Morgan fingerprint density at radius 3 is 2.47 bits per heavy atom. The summed E-state index contributed by atoms with van der Waals surface area (Å²) in [6.07, 6.45) is 2.21. The first-order valence-electron chi connectivity index (χ1n) is 16.6. The van der Waals surface area contributed by atoms with Crippen molar-refractivity contribution in [2.45, 2.75) is 77.7 Å². The number of ether oxygens (including phenoxy) is 2. The molecule has 3 aliphatic rings. The molecule has 7 rings (SSSR count). The van der Waals surface area contributed by atoms with E-state index in [1.807, 2.05) is 58.0 Å². The number of hydrogen-bond acceptors (Lipinski definition) is 7. The molecule has 0 aliphatic carbocycles. The van der Waals surface area contributed by atoms with Crippen molar-refractivity contribution < 1.29 is 19.4 Å². The molecule has 0 bridgehead atoms. The van der Waals surface area contributed by atoms with E-state index in [-0.39, 0.29) is 6.04 Å². The maximum Gasteiger partial charge on any atom is 0.337 e. The molecule has 4 aromatic rings. The largest absolute Gasteiger partial charge is 0.479 e. The van der Waals surface area contributed by atoms with Crippen molar-refractivity contribution in [1.82, 2.24) is 9.88 Å². The lowest BCUT2D eigenvalue weighted by atomic mass is 9.86. The number of aryl methyl sites for hydroxylation is 1. The van der Waals surface area contributed by atoms with Gasteiger partial charge in [0.1, 0.15) is 5.01 Å². The van der Waals surface area contributed by atoms with Gasteiger partial charge in [0, 0.05) is 51.6 Å². The Labute approximate surface area is 285 Å². The minimum absolute atomic E-state index is 0.142. The number of thiazole rings is 1. The lowest BCUT2D eigenvalue weighted by Gasteiger charge is -2.35. The van der Waals surface area contributed by atoms with Gasteiger partial charge in [-0.2, -0.15) is 0 Å². The molecular formula is C38H42ClN3O4S. The second kappa shape index (κ2) is 12.7. The van der Waals surface area contributed by atoms with Gasteiger partial charge in [0.05, 0.1) is 28.5 Å². The molecule has 0 amide bonds. The van der Waals surface area contributed by atoms with Crippen molar-refractivity contribution in [2.24, 2.45) is 10.9 Å². The molecule has 0 spiro atoms. The molecule has 0 radical (unpaired) electrons. The van der Waals surface area contributed by atoms with E-state index in [2.05, 4.69) is 30.0 Å². The van der Waals surface area contributed by atoms with Gasteiger partial charge in [-0.15, -0.1) is 11.3 Å². The Morgan fingerprint density at radius 1 is 1.09 bits per heavy atom. The third-order valence-corrected chi connectivity index (χ3v) is 11.1. The Morgan fingerprint density at radius 2 is 1.81 bits per heavy atom. The fraction of sp³-hybridized carbons (Fsp3) is 0.447. The van der Waals surface area contributed by atoms with Gasteiger partial charge in [0.25, 0.3) is 0 Å². The van der Waals surface area contributed by atoms with Crippen LogP contribution in [0.5, 0.6) is 0 Å². The average Bonchev–Trinajstić information content (AvgIpc) is 3.79. The van der Waals surface area contributed by atoms with Gasteiger partial charge in [-0.1, -0.05) is 35.9 Å². The summed E-state index contributed by atoms with van der Waals surface area (Å²) in [5, 5.41) is 11.9. The summed E-state index contributed by atoms with van der Waals surface area (Å²) in [4.78, 5) is 25.7. The van der Waals surface area contributed by atoms with Crippen LogP contribution in [-0.2, 0) is 14.3 Å². The van der Waals surface area contributed by atoms with Crippen molar-refractivity contribution in [1.29, 1.82) is 0 Å². The highest BCUT2D eigenvalue weighted by atomic mass is 35.5. The number of aromatic nitrogens is 1. The molecule has 0 saturated carbocycles. The number of rotatable bonds is 7. The Kier molecular flexibility index (Phi) is 8.77. The van der Waals surface area contributed by atoms with E-state index < -0.39 is 17.7 Å². The molecule has 1 N–H and O–H groups in total. The quantitative estimate of drug-likeness (QED) is 0.211. The van der Waals surface area contributed by atoms with Crippen LogP contribution in [0.25, 0.3) is 31.9 Å². The van der Waals surface area contributed by atoms with Crippen LogP contribution in [0, 0.1) is 12.8 Å². The maximum absolute atomic E-state index is 12.7. The number of carbonyl (C=O) groups is 1. The van der Waals surface area contributed by atoms with Gasteiger partial charge in [-0.05, 0) is 108 Å². The van der Waals surface area contributed by atoms with Crippen LogP contribution in [0.15, 0.2) is 53.5 Å². The summed E-state index contributed by atoms with van der Waals surface area (Å²) >= 11 is 7.88. The maximum atomic E-state index is 12.7. The monoisotopic (exact) mass is 671 g/mol. The number of aliphatic imine (C=N–C) groups is 1. The van der Waals surface area contributed by atoms with E-state index in [0.717, 1.165) is 83.0 Å². The van der Waals surface area contributed by atoms with Gasteiger partial charge in [0.15, 0.2) is 6.10 Å².